The minimum atomic E-state index is -1.08. The summed E-state index contributed by atoms with van der Waals surface area (Å²) in [5, 5.41) is 10.5. The minimum absolute atomic E-state index is 0.385. The van der Waals surface area contributed by atoms with Gasteiger partial charge < -0.3 is 21.9 Å². The van der Waals surface area contributed by atoms with Gasteiger partial charge in [0.2, 0.25) is 5.91 Å². The van der Waals surface area contributed by atoms with Crippen molar-refractivity contribution in [3.8, 4) is 0 Å². The first-order valence-corrected chi connectivity index (χ1v) is 6.94. The van der Waals surface area contributed by atoms with Gasteiger partial charge in [-0.3, -0.25) is 9.59 Å². The number of carboxylic acids is 1. The molecule has 0 bridgehead atoms. The number of unbranched alkanes of at least 4 members (excludes halogenated alkanes) is 1. The number of aliphatic carboxylic acids is 1. The third-order valence-electron chi connectivity index (χ3n) is 1.72. The molecule has 0 fully saturated rings. The van der Waals surface area contributed by atoms with Gasteiger partial charge in [-0.25, -0.2) is 0 Å². The average Bonchev–Trinajstić information content (AvgIpc) is 2.39. The topological polar surface area (TPSA) is 118 Å². The van der Waals surface area contributed by atoms with Crippen LogP contribution in [0.4, 0.5) is 0 Å². The van der Waals surface area contributed by atoms with E-state index in [0.717, 1.165) is 12.8 Å². The largest absolute Gasteiger partial charge is 0.480 e. The molecule has 0 aromatic heterocycles. The van der Waals surface area contributed by atoms with Crippen molar-refractivity contribution in [1.82, 2.24) is 5.32 Å². The van der Waals surface area contributed by atoms with Crippen LogP contribution in [0.25, 0.3) is 0 Å². The Morgan fingerprint density at radius 2 is 1.68 bits per heavy atom. The molecule has 0 radical (unpaired) electrons. The van der Waals surface area contributed by atoms with Crippen LogP contribution in [0.5, 0.6) is 0 Å². The fourth-order valence-corrected chi connectivity index (χ4v) is 0.934. The maximum absolute atomic E-state index is 11.1. The van der Waals surface area contributed by atoms with Crippen molar-refractivity contribution in [2.24, 2.45) is 11.5 Å². The lowest BCUT2D eigenvalue weighted by Gasteiger charge is -2.10. The van der Waals surface area contributed by atoms with E-state index in [4.69, 9.17) is 16.6 Å². The molecular weight excluding hydrogens is 246 g/mol. The van der Waals surface area contributed by atoms with E-state index in [1.165, 1.54) is 6.42 Å². The maximum atomic E-state index is 11.1. The predicted octanol–water partition coefficient (Wildman–Crippen LogP) is 1.09. The zero-order valence-electron chi connectivity index (χ0n) is 12.7. The highest BCUT2D eigenvalue weighted by molar-refractivity contribution is 5.84. The van der Waals surface area contributed by atoms with Gasteiger partial charge in [0.25, 0.3) is 0 Å². The quantitative estimate of drug-likeness (QED) is 0.519. The van der Waals surface area contributed by atoms with Gasteiger partial charge in [-0.05, 0) is 19.4 Å². The summed E-state index contributed by atoms with van der Waals surface area (Å²) in [6.07, 6.45) is 3.38. The van der Waals surface area contributed by atoms with Gasteiger partial charge in [0.15, 0.2) is 0 Å². The van der Waals surface area contributed by atoms with E-state index in [1.54, 1.807) is 0 Å². The lowest BCUT2D eigenvalue weighted by Crippen LogP contribution is -2.42. The van der Waals surface area contributed by atoms with Crippen molar-refractivity contribution in [1.29, 1.82) is 0 Å². The van der Waals surface area contributed by atoms with E-state index in [1.807, 2.05) is 13.8 Å². The maximum Gasteiger partial charge on any atom is 0.322 e. The molecule has 0 aromatic rings. The van der Waals surface area contributed by atoms with Crippen LogP contribution in [0.15, 0.2) is 0 Å². The summed E-state index contributed by atoms with van der Waals surface area (Å²) in [6.45, 7) is 8.44. The van der Waals surface area contributed by atoms with Crippen LogP contribution in [0, 0.1) is 0 Å². The van der Waals surface area contributed by atoms with Gasteiger partial charge in [-0.1, -0.05) is 40.5 Å². The first-order chi connectivity index (χ1) is 8.99. The number of carbonyl (C=O) groups is 2. The molecular formula is C13H31N3O3. The fourth-order valence-electron chi connectivity index (χ4n) is 0.934. The van der Waals surface area contributed by atoms with E-state index in [-0.39, 0.29) is 6.54 Å². The molecule has 0 saturated heterocycles. The monoisotopic (exact) mass is 277 g/mol. The second-order valence-electron chi connectivity index (χ2n) is 3.71. The number of amides is 1. The van der Waals surface area contributed by atoms with Crippen LogP contribution < -0.4 is 16.8 Å². The van der Waals surface area contributed by atoms with E-state index in [0.29, 0.717) is 13.0 Å². The van der Waals surface area contributed by atoms with E-state index < -0.39 is 17.9 Å². The molecule has 6 N–H and O–H groups in total. The number of nitrogens with one attached hydrogen (secondary N) is 1. The summed E-state index contributed by atoms with van der Waals surface area (Å²) in [4.78, 5) is 21.2. The van der Waals surface area contributed by atoms with Crippen LogP contribution in [0.3, 0.4) is 0 Å². The van der Waals surface area contributed by atoms with Gasteiger partial charge in [-0.2, -0.15) is 0 Å². The normalized spacial score (nSPS) is 10.2. The number of carbonyl (C=O) groups excluding carboxylic acids is 1. The second kappa shape index (κ2) is 19.2. The Morgan fingerprint density at radius 1 is 1.21 bits per heavy atom. The van der Waals surface area contributed by atoms with E-state index >= 15 is 0 Å². The van der Waals surface area contributed by atoms with Crippen molar-refractivity contribution in [3.05, 3.63) is 0 Å². The highest BCUT2D eigenvalue weighted by atomic mass is 16.4. The second-order valence-corrected chi connectivity index (χ2v) is 3.71. The number of carboxylic acid groups (broad SMARTS) is 1. The Morgan fingerprint density at radius 3 is 2.05 bits per heavy atom. The molecule has 0 aromatic carbocycles. The number of nitrogens with two attached hydrogens (primary N) is 2. The first kappa shape index (κ1) is 23.0. The van der Waals surface area contributed by atoms with Crippen molar-refractivity contribution in [2.45, 2.75) is 59.4 Å². The summed E-state index contributed by atoms with van der Waals surface area (Å²) in [6, 6.07) is -0.638. The van der Waals surface area contributed by atoms with Crippen LogP contribution in [-0.4, -0.2) is 36.1 Å². The molecule has 0 rings (SSSR count). The zero-order valence-corrected chi connectivity index (χ0v) is 12.7. The molecule has 0 aliphatic carbocycles. The molecule has 0 saturated carbocycles. The molecule has 0 aliphatic heterocycles. The first-order valence-electron chi connectivity index (χ1n) is 6.94. The highest BCUT2D eigenvalue weighted by Crippen LogP contribution is 1.97. The van der Waals surface area contributed by atoms with Crippen molar-refractivity contribution in [2.75, 3.05) is 13.1 Å². The Balaban J connectivity index is -0.000000445. The molecule has 0 aliphatic rings. The SMILES string of the molecule is CC.CCC.NCCCCC(N)C(=O)NCC(=O)O. The minimum Gasteiger partial charge on any atom is -0.480 e. The van der Waals surface area contributed by atoms with Crippen molar-refractivity contribution >= 4 is 11.9 Å². The number of rotatable bonds is 7. The van der Waals surface area contributed by atoms with Gasteiger partial charge >= 0.3 is 5.97 Å². The van der Waals surface area contributed by atoms with E-state index in [9.17, 15) is 9.59 Å². The molecule has 1 atom stereocenters. The van der Waals surface area contributed by atoms with Crippen LogP contribution in [0.2, 0.25) is 0 Å². The predicted molar refractivity (Wildman–Crippen MR) is 78.8 cm³/mol. The molecule has 0 spiro atoms. The average molecular weight is 277 g/mol. The van der Waals surface area contributed by atoms with Crippen LogP contribution in [0.1, 0.15) is 53.4 Å². The summed E-state index contributed by atoms with van der Waals surface area (Å²) in [5.41, 5.74) is 10.8. The zero-order chi connectivity index (χ0) is 15.7. The molecule has 19 heavy (non-hydrogen) atoms. The third-order valence-corrected chi connectivity index (χ3v) is 1.72. The Labute approximate surface area is 116 Å². The lowest BCUT2D eigenvalue weighted by molar-refractivity contribution is -0.138. The standard InChI is InChI=1S/C8H17N3O3.C3H8.C2H6/c9-4-2-1-3-6(10)8(14)11-5-7(12)13;1-3-2;1-2/h6H,1-5,9-10H2,(H,11,14)(H,12,13);3H2,1-2H3;1-2H3. The van der Waals surface area contributed by atoms with Crippen molar-refractivity contribution < 1.29 is 14.7 Å². The van der Waals surface area contributed by atoms with Crippen LogP contribution >= 0.6 is 0 Å². The van der Waals surface area contributed by atoms with Crippen molar-refractivity contribution in [3.63, 3.8) is 0 Å². The third kappa shape index (κ3) is 22.5. The van der Waals surface area contributed by atoms with Crippen LogP contribution in [-0.2, 0) is 9.59 Å². The Kier molecular flexibility index (Phi) is 23.2. The summed E-state index contributed by atoms with van der Waals surface area (Å²) < 4.78 is 0. The molecule has 6 heteroatoms. The molecule has 6 nitrogen and oxygen atoms in total. The highest BCUT2D eigenvalue weighted by Gasteiger charge is 2.12. The summed E-state index contributed by atoms with van der Waals surface area (Å²) >= 11 is 0. The smallest absolute Gasteiger partial charge is 0.322 e. The Hall–Kier alpha value is -1.14. The summed E-state index contributed by atoms with van der Waals surface area (Å²) in [5.74, 6) is -1.50. The van der Waals surface area contributed by atoms with Gasteiger partial charge in [0, 0.05) is 0 Å². The Bertz CT molecular complexity index is 211. The molecule has 0 heterocycles. The molecule has 116 valence electrons. The number of hydrogen-bond donors (Lipinski definition) is 4. The van der Waals surface area contributed by atoms with Gasteiger partial charge in [0.1, 0.15) is 6.54 Å². The summed E-state index contributed by atoms with van der Waals surface area (Å²) in [7, 11) is 0. The van der Waals surface area contributed by atoms with Gasteiger partial charge in [0.05, 0.1) is 6.04 Å². The lowest BCUT2D eigenvalue weighted by atomic mass is 10.1. The number of hydrogen-bond acceptors (Lipinski definition) is 4. The van der Waals surface area contributed by atoms with Gasteiger partial charge in [-0.15, -0.1) is 0 Å². The van der Waals surface area contributed by atoms with E-state index in [2.05, 4.69) is 19.2 Å². The molecule has 1 amide bonds. The molecule has 1 unspecified atom stereocenters. The fraction of sp³-hybridized carbons (Fsp3) is 0.846.